The minimum atomic E-state index is -3.51. The number of sulfone groups is 1. The molecule has 0 atom stereocenters. The quantitative estimate of drug-likeness (QED) is 0.347. The van der Waals surface area contributed by atoms with Crippen LogP contribution < -0.4 is 4.90 Å². The van der Waals surface area contributed by atoms with Gasteiger partial charge in [-0.05, 0) is 25.5 Å². The molecule has 37 heavy (non-hydrogen) atoms. The Balaban J connectivity index is 1.51. The number of aromatic nitrogens is 4. The summed E-state index contributed by atoms with van der Waals surface area (Å²) in [6, 6.07) is 4.13. The first-order chi connectivity index (χ1) is 17.8. The highest BCUT2D eigenvalue weighted by atomic mass is 32.2. The fourth-order valence-corrected chi connectivity index (χ4v) is 5.80. The van der Waals surface area contributed by atoms with Gasteiger partial charge < -0.3 is 9.64 Å². The highest BCUT2D eigenvalue weighted by Gasteiger charge is 2.22. The second kappa shape index (κ2) is 12.1. The van der Waals surface area contributed by atoms with Crippen molar-refractivity contribution in [3.05, 3.63) is 54.0 Å². The monoisotopic (exact) mass is 534 g/mol. The zero-order chi connectivity index (χ0) is 26.4. The normalized spacial score (nSPS) is 14.9. The van der Waals surface area contributed by atoms with E-state index in [0.717, 1.165) is 61.8 Å². The maximum atomic E-state index is 15.2. The van der Waals surface area contributed by atoms with Gasteiger partial charge in [0.2, 0.25) is 0 Å². The molecule has 1 saturated heterocycles. The Labute approximate surface area is 216 Å². The molecule has 1 fully saturated rings. The van der Waals surface area contributed by atoms with Crippen molar-refractivity contribution in [1.29, 1.82) is 0 Å². The Kier molecular flexibility index (Phi) is 8.83. The molecule has 0 saturated carbocycles. The summed E-state index contributed by atoms with van der Waals surface area (Å²) in [5.74, 6) is -2.41. The van der Waals surface area contributed by atoms with Gasteiger partial charge in [0.1, 0.15) is 11.4 Å². The summed E-state index contributed by atoms with van der Waals surface area (Å²) in [4.78, 5) is 8.93. The van der Waals surface area contributed by atoms with Gasteiger partial charge in [0, 0.05) is 56.7 Å². The summed E-state index contributed by atoms with van der Waals surface area (Å²) in [6.07, 6.45) is 5.24. The minimum Gasteiger partial charge on any atom is -0.380 e. The number of pyridine rings is 1. The Bertz CT molecular complexity index is 1310. The lowest BCUT2D eigenvalue weighted by Crippen LogP contribution is -2.47. The molecule has 12 heteroatoms. The number of piperazine rings is 1. The Hall–Kier alpha value is -2.96. The second-order valence-electron chi connectivity index (χ2n) is 8.97. The van der Waals surface area contributed by atoms with Crippen molar-refractivity contribution in [3.63, 3.8) is 0 Å². The zero-order valence-electron chi connectivity index (χ0n) is 21.1. The average Bonchev–Trinajstić information content (AvgIpc) is 3.36. The standard InChI is InChI=1S/C25H32F2N6O3S/c1-3-13-37(34,35)18-19-5-6-22(26)25(24(19)27)33-17-23(29-30-33)20-14-21(16-28-15-20)32-9-7-31(8-10-32)11-12-36-4-2/h5-6,14-17H,3-4,7-13,18H2,1-2H3. The van der Waals surface area contributed by atoms with Gasteiger partial charge in [-0.3, -0.25) is 9.88 Å². The maximum Gasteiger partial charge on any atom is 0.156 e. The topological polar surface area (TPSA) is 93.5 Å². The fraction of sp³-hybridized carbons (Fsp3) is 0.480. The number of anilines is 1. The molecular formula is C25H32F2N6O3S. The van der Waals surface area contributed by atoms with Gasteiger partial charge in [0.25, 0.3) is 0 Å². The van der Waals surface area contributed by atoms with Crippen LogP contribution in [0.2, 0.25) is 0 Å². The van der Waals surface area contributed by atoms with Crippen molar-refractivity contribution in [3.8, 4) is 16.9 Å². The van der Waals surface area contributed by atoms with E-state index < -0.39 is 32.9 Å². The number of rotatable bonds is 11. The van der Waals surface area contributed by atoms with Gasteiger partial charge in [-0.2, -0.15) is 0 Å². The molecule has 3 aromatic rings. The van der Waals surface area contributed by atoms with Crippen LogP contribution in [0.15, 0.2) is 36.8 Å². The third-order valence-corrected chi connectivity index (χ3v) is 8.05. The van der Waals surface area contributed by atoms with Crippen molar-refractivity contribution >= 4 is 15.5 Å². The first-order valence-corrected chi connectivity index (χ1v) is 14.2. The van der Waals surface area contributed by atoms with E-state index in [1.165, 1.54) is 6.20 Å². The van der Waals surface area contributed by atoms with Crippen LogP contribution in [0.25, 0.3) is 16.9 Å². The number of ether oxygens (including phenoxy) is 1. The summed E-state index contributed by atoms with van der Waals surface area (Å²) in [6.45, 7) is 9.57. The summed E-state index contributed by atoms with van der Waals surface area (Å²) in [5, 5.41) is 8.02. The average molecular weight is 535 g/mol. The molecule has 1 aromatic carbocycles. The number of nitrogens with zero attached hydrogens (tertiary/aromatic N) is 6. The highest BCUT2D eigenvalue weighted by Crippen LogP contribution is 2.26. The summed E-state index contributed by atoms with van der Waals surface area (Å²) in [7, 11) is -3.51. The van der Waals surface area contributed by atoms with Crippen LogP contribution in [-0.2, 0) is 20.3 Å². The minimum absolute atomic E-state index is 0.0711. The van der Waals surface area contributed by atoms with Crippen molar-refractivity contribution in [2.75, 3.05) is 56.6 Å². The highest BCUT2D eigenvalue weighted by molar-refractivity contribution is 7.90. The van der Waals surface area contributed by atoms with Gasteiger partial charge in [-0.1, -0.05) is 18.2 Å². The van der Waals surface area contributed by atoms with E-state index in [-0.39, 0.29) is 11.3 Å². The molecule has 3 heterocycles. The van der Waals surface area contributed by atoms with Crippen LogP contribution in [0, 0.1) is 11.6 Å². The Morgan fingerprint density at radius 1 is 1.08 bits per heavy atom. The lowest BCUT2D eigenvalue weighted by atomic mass is 10.2. The summed E-state index contributed by atoms with van der Waals surface area (Å²) >= 11 is 0. The van der Waals surface area contributed by atoms with Crippen LogP contribution in [-0.4, -0.2) is 85.0 Å². The van der Waals surface area contributed by atoms with E-state index in [2.05, 4.69) is 25.1 Å². The Morgan fingerprint density at radius 3 is 2.59 bits per heavy atom. The van der Waals surface area contributed by atoms with Crippen LogP contribution in [0.5, 0.6) is 0 Å². The molecular weight excluding hydrogens is 502 g/mol. The molecule has 9 nitrogen and oxygen atoms in total. The van der Waals surface area contributed by atoms with Gasteiger partial charge in [-0.15, -0.1) is 5.10 Å². The predicted molar refractivity (Wildman–Crippen MR) is 137 cm³/mol. The molecule has 200 valence electrons. The van der Waals surface area contributed by atoms with E-state index in [0.29, 0.717) is 24.3 Å². The molecule has 1 aliphatic rings. The van der Waals surface area contributed by atoms with E-state index >= 15 is 4.39 Å². The first kappa shape index (κ1) is 27.1. The van der Waals surface area contributed by atoms with E-state index in [9.17, 15) is 12.8 Å². The van der Waals surface area contributed by atoms with E-state index in [1.807, 2.05) is 13.0 Å². The lowest BCUT2D eigenvalue weighted by Gasteiger charge is -2.35. The van der Waals surface area contributed by atoms with Gasteiger partial charge in [0.15, 0.2) is 21.5 Å². The van der Waals surface area contributed by atoms with Crippen LogP contribution in [0.3, 0.4) is 0 Å². The number of halogens is 2. The molecule has 0 unspecified atom stereocenters. The van der Waals surface area contributed by atoms with Gasteiger partial charge >= 0.3 is 0 Å². The summed E-state index contributed by atoms with van der Waals surface area (Å²) in [5.41, 5.74) is 1.41. The first-order valence-electron chi connectivity index (χ1n) is 12.4. The van der Waals surface area contributed by atoms with Crippen LogP contribution in [0.1, 0.15) is 25.8 Å². The number of benzene rings is 1. The van der Waals surface area contributed by atoms with Gasteiger partial charge in [-0.25, -0.2) is 21.9 Å². The maximum absolute atomic E-state index is 15.2. The molecule has 0 amide bonds. The molecule has 0 bridgehead atoms. The van der Waals surface area contributed by atoms with Crippen LogP contribution in [0.4, 0.5) is 14.5 Å². The van der Waals surface area contributed by atoms with Crippen molar-refractivity contribution in [1.82, 2.24) is 24.9 Å². The summed E-state index contributed by atoms with van der Waals surface area (Å²) < 4.78 is 60.7. The number of hydrogen-bond donors (Lipinski definition) is 0. The second-order valence-corrected chi connectivity index (χ2v) is 11.2. The van der Waals surface area contributed by atoms with Crippen molar-refractivity contribution in [2.24, 2.45) is 0 Å². The third-order valence-electron chi connectivity index (χ3n) is 6.27. The Morgan fingerprint density at radius 2 is 1.86 bits per heavy atom. The van der Waals surface area contributed by atoms with E-state index in [1.54, 1.807) is 19.3 Å². The molecule has 0 aliphatic carbocycles. The molecule has 0 spiro atoms. The van der Waals surface area contributed by atoms with Crippen molar-refractivity contribution < 1.29 is 21.9 Å². The molecule has 2 aromatic heterocycles. The zero-order valence-corrected chi connectivity index (χ0v) is 21.9. The SMILES string of the molecule is CCCS(=O)(=O)Cc1ccc(F)c(-n2cc(-c3cncc(N4CCN(CCOCC)CC4)c3)nn2)c1F. The largest absolute Gasteiger partial charge is 0.380 e. The molecule has 0 N–H and O–H groups in total. The lowest BCUT2D eigenvalue weighted by molar-refractivity contribution is 0.111. The number of hydrogen-bond acceptors (Lipinski definition) is 8. The van der Waals surface area contributed by atoms with Crippen LogP contribution >= 0.6 is 0 Å². The third kappa shape index (κ3) is 6.68. The molecule has 4 rings (SSSR count). The smallest absolute Gasteiger partial charge is 0.156 e. The van der Waals surface area contributed by atoms with Crippen molar-refractivity contribution in [2.45, 2.75) is 26.0 Å². The van der Waals surface area contributed by atoms with E-state index in [4.69, 9.17) is 4.74 Å². The van der Waals surface area contributed by atoms with Gasteiger partial charge in [0.05, 0.1) is 36.2 Å². The predicted octanol–water partition coefficient (Wildman–Crippen LogP) is 3.09. The fourth-order valence-electron chi connectivity index (χ4n) is 4.34. The molecule has 1 aliphatic heterocycles. The molecule has 0 radical (unpaired) electrons.